The van der Waals surface area contributed by atoms with Gasteiger partial charge < -0.3 is 11.1 Å². The molecule has 0 bridgehead atoms. The number of anilines is 2. The number of hydrogen-bond acceptors (Lipinski definition) is 3. The quantitative estimate of drug-likeness (QED) is 0.818. The fourth-order valence-corrected chi connectivity index (χ4v) is 2.68. The van der Waals surface area contributed by atoms with Gasteiger partial charge in [-0.05, 0) is 59.4 Å². The van der Waals surface area contributed by atoms with Gasteiger partial charge in [-0.1, -0.05) is 6.92 Å². The van der Waals surface area contributed by atoms with E-state index in [4.69, 9.17) is 5.73 Å². The molecule has 4 nitrogen and oxygen atoms in total. The average molecular weight is 326 g/mol. The summed E-state index contributed by atoms with van der Waals surface area (Å²) in [6.07, 6.45) is 1.29. The first kappa shape index (κ1) is 14.3. The van der Waals surface area contributed by atoms with Crippen LogP contribution >= 0.6 is 15.9 Å². The molecule has 0 aliphatic heterocycles. The van der Waals surface area contributed by atoms with Crippen molar-refractivity contribution in [2.24, 2.45) is 11.8 Å². The predicted molar refractivity (Wildman–Crippen MR) is 82.0 cm³/mol. The fourth-order valence-electron chi connectivity index (χ4n) is 2.19. The van der Waals surface area contributed by atoms with E-state index in [0.717, 1.165) is 28.5 Å². The van der Waals surface area contributed by atoms with Gasteiger partial charge in [0.2, 0.25) is 5.91 Å². The van der Waals surface area contributed by atoms with Crippen LogP contribution in [0.5, 0.6) is 0 Å². The van der Waals surface area contributed by atoms with Crippen molar-refractivity contribution in [2.45, 2.75) is 13.3 Å². The molecule has 1 aromatic carbocycles. The number of nitrogens with zero attached hydrogens (tertiary/aromatic N) is 1. The Kier molecular flexibility index (Phi) is 4.47. The van der Waals surface area contributed by atoms with E-state index < -0.39 is 0 Å². The molecule has 104 valence electrons. The van der Waals surface area contributed by atoms with Crippen molar-refractivity contribution in [3.05, 3.63) is 22.7 Å². The number of likely N-dealkylation sites (N-methyl/N-ethyl adjacent to an activating group) is 1. The number of amides is 1. The smallest absolute Gasteiger partial charge is 0.238 e. The van der Waals surface area contributed by atoms with Crippen LogP contribution < -0.4 is 11.1 Å². The second kappa shape index (κ2) is 5.92. The van der Waals surface area contributed by atoms with Crippen LogP contribution in [0, 0.1) is 11.8 Å². The van der Waals surface area contributed by atoms with E-state index in [-0.39, 0.29) is 5.91 Å². The molecule has 1 fully saturated rings. The van der Waals surface area contributed by atoms with Crippen LogP contribution in [0.2, 0.25) is 0 Å². The number of nitrogens with one attached hydrogen (secondary N) is 1. The van der Waals surface area contributed by atoms with Gasteiger partial charge in [0.1, 0.15) is 0 Å². The van der Waals surface area contributed by atoms with Gasteiger partial charge >= 0.3 is 0 Å². The van der Waals surface area contributed by atoms with Crippen molar-refractivity contribution in [1.29, 1.82) is 0 Å². The average Bonchev–Trinajstić information content (AvgIpc) is 2.98. The Balaban J connectivity index is 1.83. The Labute approximate surface area is 122 Å². The molecule has 0 saturated heterocycles. The zero-order valence-corrected chi connectivity index (χ0v) is 12.9. The van der Waals surface area contributed by atoms with Gasteiger partial charge in [-0.2, -0.15) is 0 Å². The van der Waals surface area contributed by atoms with Crippen LogP contribution in [0.1, 0.15) is 13.3 Å². The lowest BCUT2D eigenvalue weighted by molar-refractivity contribution is -0.117. The largest absolute Gasteiger partial charge is 0.399 e. The molecule has 1 aliphatic rings. The summed E-state index contributed by atoms with van der Waals surface area (Å²) in [7, 11) is 1.99. The normalized spacial score (nSPS) is 21.5. The SMILES string of the molecule is CC1CC1CN(C)CC(=O)Nc1ccc(N)cc1Br. The van der Waals surface area contributed by atoms with Crippen molar-refractivity contribution >= 4 is 33.2 Å². The molecule has 0 spiro atoms. The zero-order valence-electron chi connectivity index (χ0n) is 11.3. The molecule has 1 aliphatic carbocycles. The Morgan fingerprint density at radius 1 is 1.58 bits per heavy atom. The Morgan fingerprint density at radius 3 is 2.84 bits per heavy atom. The highest BCUT2D eigenvalue weighted by atomic mass is 79.9. The third-order valence-electron chi connectivity index (χ3n) is 3.50. The van der Waals surface area contributed by atoms with Crippen LogP contribution in [-0.2, 0) is 4.79 Å². The van der Waals surface area contributed by atoms with Gasteiger partial charge in [0.15, 0.2) is 0 Å². The molecule has 0 radical (unpaired) electrons. The first-order chi connectivity index (χ1) is 8.95. The first-order valence-electron chi connectivity index (χ1n) is 6.49. The van der Waals surface area contributed by atoms with Crippen molar-refractivity contribution in [2.75, 3.05) is 31.2 Å². The lowest BCUT2D eigenvalue weighted by Gasteiger charge is -2.16. The molecule has 2 rings (SSSR count). The summed E-state index contributed by atoms with van der Waals surface area (Å²) < 4.78 is 0.805. The third-order valence-corrected chi connectivity index (χ3v) is 4.16. The van der Waals surface area contributed by atoms with Crippen LogP contribution in [0.3, 0.4) is 0 Å². The first-order valence-corrected chi connectivity index (χ1v) is 7.28. The maximum Gasteiger partial charge on any atom is 0.238 e. The van der Waals surface area contributed by atoms with Crippen LogP contribution in [0.15, 0.2) is 22.7 Å². The number of nitrogens with two attached hydrogens (primary N) is 1. The molecule has 0 aromatic heterocycles. The van der Waals surface area contributed by atoms with Gasteiger partial charge in [-0.3, -0.25) is 9.69 Å². The summed E-state index contributed by atoms with van der Waals surface area (Å²) >= 11 is 3.39. The second-order valence-corrected chi connectivity index (χ2v) is 6.31. The van der Waals surface area contributed by atoms with E-state index in [9.17, 15) is 4.79 Å². The summed E-state index contributed by atoms with van der Waals surface area (Å²) in [5, 5.41) is 2.89. The lowest BCUT2D eigenvalue weighted by atomic mass is 10.3. The van der Waals surface area contributed by atoms with Gasteiger partial charge in [0.05, 0.1) is 12.2 Å². The van der Waals surface area contributed by atoms with Crippen LogP contribution in [-0.4, -0.2) is 30.9 Å². The topological polar surface area (TPSA) is 58.4 Å². The second-order valence-electron chi connectivity index (χ2n) is 5.46. The van der Waals surface area contributed by atoms with E-state index in [1.807, 2.05) is 7.05 Å². The minimum Gasteiger partial charge on any atom is -0.399 e. The minimum absolute atomic E-state index is 0.00118. The zero-order chi connectivity index (χ0) is 14.0. The molecule has 1 amide bonds. The number of carbonyl (C=O) groups is 1. The van der Waals surface area contributed by atoms with Crippen molar-refractivity contribution in [3.8, 4) is 0 Å². The van der Waals surface area contributed by atoms with E-state index in [1.165, 1.54) is 6.42 Å². The predicted octanol–water partition coefficient (Wildman–Crippen LogP) is 2.56. The molecule has 19 heavy (non-hydrogen) atoms. The van der Waals surface area contributed by atoms with Gasteiger partial charge in [-0.15, -0.1) is 0 Å². The standard InChI is InChI=1S/C14H20BrN3O/c1-9-5-10(9)7-18(2)8-14(19)17-13-4-3-11(16)6-12(13)15/h3-4,6,9-10H,5,7-8,16H2,1-2H3,(H,17,19). The third kappa shape index (κ3) is 4.21. The number of rotatable bonds is 5. The van der Waals surface area contributed by atoms with E-state index >= 15 is 0 Å². The van der Waals surface area contributed by atoms with Gasteiger partial charge in [-0.25, -0.2) is 0 Å². The molecule has 2 atom stereocenters. The minimum atomic E-state index is 0.00118. The lowest BCUT2D eigenvalue weighted by Crippen LogP contribution is -2.31. The molecule has 3 N–H and O–H groups in total. The van der Waals surface area contributed by atoms with E-state index in [2.05, 4.69) is 33.1 Å². The summed E-state index contributed by atoms with van der Waals surface area (Å²) in [4.78, 5) is 14.0. The maximum atomic E-state index is 11.9. The molecular formula is C14H20BrN3O. The molecule has 0 heterocycles. The molecule has 5 heteroatoms. The summed E-state index contributed by atoms with van der Waals surface area (Å²) in [5.74, 6) is 1.58. The number of halogens is 1. The number of nitrogen functional groups attached to an aromatic ring is 1. The summed E-state index contributed by atoms with van der Waals surface area (Å²) in [6, 6.07) is 5.36. The highest BCUT2D eigenvalue weighted by molar-refractivity contribution is 9.10. The van der Waals surface area contributed by atoms with Gasteiger partial charge in [0, 0.05) is 16.7 Å². The van der Waals surface area contributed by atoms with Crippen molar-refractivity contribution in [1.82, 2.24) is 4.90 Å². The fraction of sp³-hybridized carbons (Fsp3) is 0.500. The van der Waals surface area contributed by atoms with Crippen LogP contribution in [0.25, 0.3) is 0 Å². The van der Waals surface area contributed by atoms with Gasteiger partial charge in [0.25, 0.3) is 0 Å². The molecule has 2 unspecified atom stereocenters. The molecule has 1 saturated carbocycles. The molecular weight excluding hydrogens is 306 g/mol. The van der Waals surface area contributed by atoms with E-state index in [0.29, 0.717) is 12.2 Å². The highest BCUT2D eigenvalue weighted by Crippen LogP contribution is 2.37. The Hall–Kier alpha value is -1.07. The summed E-state index contributed by atoms with van der Waals surface area (Å²) in [5.41, 5.74) is 7.09. The molecule has 1 aromatic rings. The van der Waals surface area contributed by atoms with E-state index in [1.54, 1.807) is 18.2 Å². The highest BCUT2D eigenvalue weighted by Gasteiger charge is 2.33. The maximum absolute atomic E-state index is 11.9. The number of benzene rings is 1. The van der Waals surface area contributed by atoms with Crippen molar-refractivity contribution in [3.63, 3.8) is 0 Å². The number of carbonyl (C=O) groups excluding carboxylic acids is 1. The number of hydrogen-bond donors (Lipinski definition) is 2. The Morgan fingerprint density at radius 2 is 2.26 bits per heavy atom. The van der Waals surface area contributed by atoms with Crippen LogP contribution in [0.4, 0.5) is 11.4 Å². The monoisotopic (exact) mass is 325 g/mol. The van der Waals surface area contributed by atoms with Crippen molar-refractivity contribution < 1.29 is 4.79 Å². The summed E-state index contributed by atoms with van der Waals surface area (Å²) in [6.45, 7) is 3.67. The Bertz CT molecular complexity index is 478.